The van der Waals surface area contributed by atoms with Gasteiger partial charge in [-0.1, -0.05) is 23.9 Å². The first kappa shape index (κ1) is 18.8. The molecule has 3 rings (SSSR count). The van der Waals surface area contributed by atoms with E-state index in [0.717, 1.165) is 22.5 Å². The van der Waals surface area contributed by atoms with Crippen molar-refractivity contribution in [3.8, 4) is 11.4 Å². The van der Waals surface area contributed by atoms with Crippen molar-refractivity contribution < 1.29 is 14.3 Å². The molecule has 2 aromatic carbocycles. The van der Waals surface area contributed by atoms with E-state index in [9.17, 15) is 9.59 Å². The highest BCUT2D eigenvalue weighted by atomic mass is 32.2. The van der Waals surface area contributed by atoms with Gasteiger partial charge in [-0.2, -0.15) is 0 Å². The molecule has 0 bridgehead atoms. The summed E-state index contributed by atoms with van der Waals surface area (Å²) in [6, 6.07) is 14.9. The molecule has 0 fully saturated rings. The van der Waals surface area contributed by atoms with E-state index in [1.807, 2.05) is 53.1 Å². The third-order valence-corrected chi connectivity index (χ3v) is 5.03. The normalized spacial score (nSPS) is 11.8. The van der Waals surface area contributed by atoms with Crippen LogP contribution in [0.15, 0.2) is 53.7 Å². The van der Waals surface area contributed by atoms with Gasteiger partial charge in [0, 0.05) is 12.7 Å². The van der Waals surface area contributed by atoms with E-state index in [1.54, 1.807) is 14.0 Å². The van der Waals surface area contributed by atoms with Crippen molar-refractivity contribution >= 4 is 34.7 Å². The molecule has 0 aliphatic rings. The third kappa shape index (κ3) is 4.06. The summed E-state index contributed by atoms with van der Waals surface area (Å²) in [5.41, 5.74) is 2.67. The fraction of sp³-hybridized carbons (Fsp3) is 0.211. The SMILES string of the molecule is CNC(=O)NC(=O)C(C)Sc1nc2ccccc2n1-c1ccc(OC)cc1. The third-order valence-electron chi connectivity index (χ3n) is 3.98. The molecule has 0 spiro atoms. The second-order valence-corrected chi connectivity index (χ2v) is 7.05. The molecule has 3 amide bonds. The van der Waals surface area contributed by atoms with Crippen LogP contribution in [0.2, 0.25) is 0 Å². The van der Waals surface area contributed by atoms with Gasteiger partial charge in [-0.05, 0) is 43.3 Å². The number of imide groups is 1. The van der Waals surface area contributed by atoms with Gasteiger partial charge < -0.3 is 10.1 Å². The number of rotatable bonds is 5. The maximum atomic E-state index is 12.2. The minimum absolute atomic E-state index is 0.382. The van der Waals surface area contributed by atoms with E-state index < -0.39 is 11.3 Å². The first-order chi connectivity index (χ1) is 13.0. The topological polar surface area (TPSA) is 85.3 Å². The van der Waals surface area contributed by atoms with Gasteiger partial charge in [0.05, 0.1) is 23.4 Å². The average molecular weight is 384 g/mol. The molecule has 0 aliphatic carbocycles. The van der Waals surface area contributed by atoms with Crippen LogP contribution in [0.1, 0.15) is 6.92 Å². The van der Waals surface area contributed by atoms with Crippen molar-refractivity contribution in [3.05, 3.63) is 48.5 Å². The van der Waals surface area contributed by atoms with Crippen molar-refractivity contribution in [2.45, 2.75) is 17.3 Å². The lowest BCUT2D eigenvalue weighted by molar-refractivity contribution is -0.119. The van der Waals surface area contributed by atoms with E-state index in [-0.39, 0.29) is 5.91 Å². The number of benzene rings is 2. The highest BCUT2D eigenvalue weighted by Gasteiger charge is 2.21. The molecule has 0 radical (unpaired) electrons. The molecule has 0 saturated carbocycles. The molecule has 140 valence electrons. The van der Waals surface area contributed by atoms with Crippen LogP contribution in [-0.4, -0.2) is 40.9 Å². The molecular weight excluding hydrogens is 364 g/mol. The number of nitrogens with one attached hydrogen (secondary N) is 2. The molecule has 0 aliphatic heterocycles. The summed E-state index contributed by atoms with van der Waals surface area (Å²) in [7, 11) is 3.08. The van der Waals surface area contributed by atoms with Gasteiger partial charge in [0.1, 0.15) is 5.75 Å². The van der Waals surface area contributed by atoms with Crippen LogP contribution in [0.25, 0.3) is 16.7 Å². The van der Waals surface area contributed by atoms with Crippen LogP contribution < -0.4 is 15.4 Å². The van der Waals surface area contributed by atoms with Crippen molar-refractivity contribution in [2.75, 3.05) is 14.2 Å². The number of ether oxygens (including phenoxy) is 1. The van der Waals surface area contributed by atoms with E-state index in [4.69, 9.17) is 4.74 Å². The summed E-state index contributed by atoms with van der Waals surface area (Å²) < 4.78 is 7.22. The summed E-state index contributed by atoms with van der Waals surface area (Å²) in [6.45, 7) is 1.74. The zero-order chi connectivity index (χ0) is 19.4. The Balaban J connectivity index is 1.97. The van der Waals surface area contributed by atoms with Gasteiger partial charge in [0.15, 0.2) is 5.16 Å². The first-order valence-electron chi connectivity index (χ1n) is 8.34. The number of hydrogen-bond donors (Lipinski definition) is 2. The van der Waals surface area contributed by atoms with Crippen LogP contribution in [0.4, 0.5) is 4.79 Å². The Bertz CT molecular complexity index is 969. The molecule has 0 saturated heterocycles. The number of nitrogens with zero attached hydrogens (tertiary/aromatic N) is 2. The van der Waals surface area contributed by atoms with Gasteiger partial charge in [0.25, 0.3) is 0 Å². The Morgan fingerprint density at radius 1 is 1.15 bits per heavy atom. The lowest BCUT2D eigenvalue weighted by atomic mass is 10.2. The van der Waals surface area contributed by atoms with Crippen molar-refractivity contribution in [2.24, 2.45) is 0 Å². The molecule has 2 N–H and O–H groups in total. The van der Waals surface area contributed by atoms with Crippen LogP contribution in [-0.2, 0) is 4.79 Å². The summed E-state index contributed by atoms with van der Waals surface area (Å²) >= 11 is 1.29. The standard InChI is InChI=1S/C19H20N4O3S/c1-12(17(24)22-18(25)20-2)27-19-21-15-6-4-5-7-16(15)23(19)13-8-10-14(26-3)11-9-13/h4-12H,1-3H3,(H2,20,22,24,25). The highest BCUT2D eigenvalue weighted by Crippen LogP contribution is 2.31. The summed E-state index contributed by atoms with van der Waals surface area (Å²) in [5, 5.41) is 4.83. The van der Waals surface area contributed by atoms with Crippen LogP contribution in [0.5, 0.6) is 5.75 Å². The summed E-state index contributed by atoms with van der Waals surface area (Å²) in [4.78, 5) is 28.3. The number of methoxy groups -OCH3 is 1. The fourth-order valence-electron chi connectivity index (χ4n) is 2.55. The fourth-order valence-corrected chi connectivity index (χ4v) is 3.49. The minimum Gasteiger partial charge on any atom is -0.497 e. The Morgan fingerprint density at radius 3 is 2.52 bits per heavy atom. The molecule has 8 heteroatoms. The molecule has 7 nitrogen and oxygen atoms in total. The number of fused-ring (bicyclic) bond motifs is 1. The number of thioether (sulfide) groups is 1. The van der Waals surface area contributed by atoms with Crippen molar-refractivity contribution in [1.82, 2.24) is 20.2 Å². The Hall–Kier alpha value is -3.00. The first-order valence-corrected chi connectivity index (χ1v) is 9.22. The lowest BCUT2D eigenvalue weighted by Gasteiger charge is -2.13. The van der Waals surface area contributed by atoms with Gasteiger partial charge in [-0.3, -0.25) is 14.7 Å². The number of hydrogen-bond acceptors (Lipinski definition) is 5. The second-order valence-electron chi connectivity index (χ2n) is 5.74. The van der Waals surface area contributed by atoms with Gasteiger partial charge in [-0.25, -0.2) is 9.78 Å². The van der Waals surface area contributed by atoms with Crippen molar-refractivity contribution in [1.29, 1.82) is 0 Å². The van der Waals surface area contributed by atoms with E-state index >= 15 is 0 Å². The number of carbonyl (C=O) groups excluding carboxylic acids is 2. The predicted octanol–water partition coefficient (Wildman–Crippen LogP) is 2.97. The average Bonchev–Trinajstić information content (AvgIpc) is 3.05. The van der Waals surface area contributed by atoms with Crippen LogP contribution >= 0.6 is 11.8 Å². The number of imidazole rings is 1. The smallest absolute Gasteiger partial charge is 0.321 e. The predicted molar refractivity (Wildman–Crippen MR) is 106 cm³/mol. The second kappa shape index (κ2) is 8.13. The number of aromatic nitrogens is 2. The summed E-state index contributed by atoms with van der Waals surface area (Å²) in [5.74, 6) is 0.378. The molecule has 1 atom stereocenters. The Kier molecular flexibility index (Phi) is 5.66. The number of amides is 3. The molecule has 1 heterocycles. The molecule has 1 unspecified atom stereocenters. The van der Waals surface area contributed by atoms with Crippen LogP contribution in [0.3, 0.4) is 0 Å². The number of carbonyl (C=O) groups is 2. The Morgan fingerprint density at radius 2 is 1.85 bits per heavy atom. The monoisotopic (exact) mass is 384 g/mol. The highest BCUT2D eigenvalue weighted by molar-refractivity contribution is 8.00. The summed E-state index contributed by atoms with van der Waals surface area (Å²) in [6.07, 6.45) is 0. The van der Waals surface area contributed by atoms with Gasteiger partial charge >= 0.3 is 6.03 Å². The largest absolute Gasteiger partial charge is 0.497 e. The van der Waals surface area contributed by atoms with Crippen LogP contribution in [0, 0.1) is 0 Å². The van der Waals surface area contributed by atoms with Gasteiger partial charge in [0.2, 0.25) is 5.91 Å². The van der Waals surface area contributed by atoms with E-state index in [1.165, 1.54) is 18.8 Å². The van der Waals surface area contributed by atoms with Gasteiger partial charge in [-0.15, -0.1) is 0 Å². The maximum Gasteiger partial charge on any atom is 0.321 e. The molecule has 3 aromatic rings. The molecule has 1 aromatic heterocycles. The zero-order valence-electron chi connectivity index (χ0n) is 15.2. The number of urea groups is 1. The minimum atomic E-state index is -0.531. The lowest BCUT2D eigenvalue weighted by Crippen LogP contribution is -2.41. The zero-order valence-corrected chi connectivity index (χ0v) is 16.0. The van der Waals surface area contributed by atoms with Crippen molar-refractivity contribution in [3.63, 3.8) is 0 Å². The number of para-hydroxylation sites is 2. The molecular formula is C19H20N4O3S. The van der Waals surface area contributed by atoms with E-state index in [0.29, 0.717) is 5.16 Å². The Labute approximate surface area is 161 Å². The quantitative estimate of drug-likeness (QED) is 0.661. The molecule has 27 heavy (non-hydrogen) atoms. The van der Waals surface area contributed by atoms with E-state index in [2.05, 4.69) is 15.6 Å². The maximum absolute atomic E-state index is 12.2.